The molecule has 1 aromatic carbocycles. The summed E-state index contributed by atoms with van der Waals surface area (Å²) >= 11 is 0. The van der Waals surface area contributed by atoms with Gasteiger partial charge in [0.15, 0.2) is 0 Å². The SMILES string of the molecule is CN(CCc1ccccc1C(=O)O)CCC1CCCO1. The molecule has 1 aromatic rings. The molecule has 1 atom stereocenters. The van der Waals surface area contributed by atoms with Crippen LogP contribution in [0.1, 0.15) is 35.2 Å². The van der Waals surface area contributed by atoms with Gasteiger partial charge in [-0.3, -0.25) is 0 Å². The van der Waals surface area contributed by atoms with Crippen molar-refractivity contribution in [2.45, 2.75) is 31.8 Å². The Labute approximate surface area is 120 Å². The van der Waals surface area contributed by atoms with Gasteiger partial charge in [0.05, 0.1) is 11.7 Å². The highest BCUT2D eigenvalue weighted by Gasteiger charge is 2.16. The van der Waals surface area contributed by atoms with Crippen LogP contribution in [0.4, 0.5) is 0 Å². The van der Waals surface area contributed by atoms with Crippen LogP contribution in [0, 0.1) is 0 Å². The van der Waals surface area contributed by atoms with Gasteiger partial charge in [-0.25, -0.2) is 4.79 Å². The number of rotatable bonds is 7. The number of benzene rings is 1. The monoisotopic (exact) mass is 277 g/mol. The van der Waals surface area contributed by atoms with Gasteiger partial charge in [0.1, 0.15) is 0 Å². The quantitative estimate of drug-likeness (QED) is 0.831. The number of carboxylic acid groups (broad SMARTS) is 1. The van der Waals surface area contributed by atoms with Crippen LogP contribution >= 0.6 is 0 Å². The number of ether oxygens (including phenoxy) is 1. The lowest BCUT2D eigenvalue weighted by atomic mass is 10.0. The van der Waals surface area contributed by atoms with E-state index in [0.717, 1.165) is 38.1 Å². The van der Waals surface area contributed by atoms with Crippen molar-refractivity contribution in [1.82, 2.24) is 4.90 Å². The third kappa shape index (κ3) is 4.32. The lowest BCUT2D eigenvalue weighted by molar-refractivity contribution is 0.0695. The molecule has 1 aliphatic rings. The lowest BCUT2D eigenvalue weighted by Gasteiger charge is -2.19. The number of hydrogen-bond acceptors (Lipinski definition) is 3. The number of carboxylic acids is 1. The Hall–Kier alpha value is -1.39. The normalized spacial score (nSPS) is 18.6. The van der Waals surface area contributed by atoms with Crippen LogP contribution in [-0.2, 0) is 11.2 Å². The van der Waals surface area contributed by atoms with Crippen molar-refractivity contribution in [1.29, 1.82) is 0 Å². The molecular weight excluding hydrogens is 254 g/mol. The predicted molar refractivity (Wildman–Crippen MR) is 78.2 cm³/mol. The molecule has 2 rings (SSSR count). The Bertz CT molecular complexity index is 441. The molecule has 1 N–H and O–H groups in total. The van der Waals surface area contributed by atoms with E-state index in [1.807, 2.05) is 12.1 Å². The molecule has 1 unspecified atom stereocenters. The zero-order valence-corrected chi connectivity index (χ0v) is 12.0. The van der Waals surface area contributed by atoms with Gasteiger partial charge in [0, 0.05) is 19.7 Å². The number of nitrogens with zero attached hydrogens (tertiary/aromatic N) is 1. The van der Waals surface area contributed by atoms with Crippen molar-refractivity contribution in [2.24, 2.45) is 0 Å². The largest absolute Gasteiger partial charge is 0.478 e. The van der Waals surface area contributed by atoms with Crippen molar-refractivity contribution in [2.75, 3.05) is 26.7 Å². The average Bonchev–Trinajstić information content (AvgIpc) is 2.96. The van der Waals surface area contributed by atoms with E-state index in [4.69, 9.17) is 9.84 Å². The maximum absolute atomic E-state index is 11.1. The van der Waals surface area contributed by atoms with Gasteiger partial charge < -0.3 is 14.7 Å². The fourth-order valence-electron chi connectivity index (χ4n) is 2.61. The standard InChI is InChI=1S/C16H23NO3/c1-17(11-9-14-6-4-12-20-14)10-8-13-5-2-3-7-15(13)16(18)19/h2-3,5,7,14H,4,6,8-12H2,1H3,(H,18,19). The third-order valence-electron chi connectivity index (χ3n) is 3.87. The Morgan fingerprint density at radius 1 is 1.40 bits per heavy atom. The molecule has 20 heavy (non-hydrogen) atoms. The first-order valence-corrected chi connectivity index (χ1v) is 7.28. The summed E-state index contributed by atoms with van der Waals surface area (Å²) in [5.41, 5.74) is 1.32. The maximum atomic E-state index is 11.1. The fourth-order valence-corrected chi connectivity index (χ4v) is 2.61. The molecule has 0 bridgehead atoms. The summed E-state index contributed by atoms with van der Waals surface area (Å²) in [7, 11) is 2.08. The summed E-state index contributed by atoms with van der Waals surface area (Å²) in [4.78, 5) is 13.4. The smallest absolute Gasteiger partial charge is 0.335 e. The Morgan fingerprint density at radius 3 is 2.90 bits per heavy atom. The molecule has 0 radical (unpaired) electrons. The van der Waals surface area contributed by atoms with Crippen molar-refractivity contribution < 1.29 is 14.6 Å². The van der Waals surface area contributed by atoms with Crippen LogP contribution in [-0.4, -0.2) is 48.8 Å². The van der Waals surface area contributed by atoms with E-state index in [1.165, 1.54) is 12.8 Å². The molecule has 0 spiro atoms. The first kappa shape index (κ1) is 15.0. The predicted octanol–water partition coefficient (Wildman–Crippen LogP) is 2.43. The van der Waals surface area contributed by atoms with E-state index in [1.54, 1.807) is 12.1 Å². The average molecular weight is 277 g/mol. The van der Waals surface area contributed by atoms with Crippen LogP contribution in [0.2, 0.25) is 0 Å². The second-order valence-electron chi connectivity index (χ2n) is 5.44. The van der Waals surface area contributed by atoms with Gasteiger partial charge >= 0.3 is 5.97 Å². The van der Waals surface area contributed by atoms with E-state index in [2.05, 4.69) is 11.9 Å². The van der Waals surface area contributed by atoms with Crippen LogP contribution in [0.3, 0.4) is 0 Å². The fraction of sp³-hybridized carbons (Fsp3) is 0.562. The summed E-state index contributed by atoms with van der Waals surface area (Å²) < 4.78 is 5.61. The van der Waals surface area contributed by atoms with Crippen molar-refractivity contribution in [3.63, 3.8) is 0 Å². The van der Waals surface area contributed by atoms with Crippen molar-refractivity contribution >= 4 is 5.97 Å². The number of likely N-dealkylation sites (N-methyl/N-ethyl adjacent to an activating group) is 1. The number of carbonyl (C=O) groups is 1. The Kier molecular flexibility index (Phi) is 5.56. The first-order valence-electron chi connectivity index (χ1n) is 7.28. The molecule has 0 aliphatic carbocycles. The minimum absolute atomic E-state index is 0.417. The van der Waals surface area contributed by atoms with Crippen molar-refractivity contribution in [3.05, 3.63) is 35.4 Å². The molecule has 0 amide bonds. The molecule has 4 nitrogen and oxygen atoms in total. The summed E-state index contributed by atoms with van der Waals surface area (Å²) in [5.74, 6) is -0.845. The lowest BCUT2D eigenvalue weighted by Crippen LogP contribution is -2.25. The molecule has 1 heterocycles. The van der Waals surface area contributed by atoms with Gasteiger partial charge in [-0.1, -0.05) is 18.2 Å². The van der Waals surface area contributed by atoms with Gasteiger partial charge in [-0.15, -0.1) is 0 Å². The highest BCUT2D eigenvalue weighted by Crippen LogP contribution is 2.15. The van der Waals surface area contributed by atoms with E-state index in [-0.39, 0.29) is 0 Å². The van der Waals surface area contributed by atoms with Gasteiger partial charge in [0.2, 0.25) is 0 Å². The topological polar surface area (TPSA) is 49.8 Å². The van der Waals surface area contributed by atoms with Crippen molar-refractivity contribution in [3.8, 4) is 0 Å². The van der Waals surface area contributed by atoms with E-state index >= 15 is 0 Å². The van der Waals surface area contributed by atoms with Crippen LogP contribution in [0.25, 0.3) is 0 Å². The Balaban J connectivity index is 1.77. The zero-order valence-electron chi connectivity index (χ0n) is 12.0. The molecule has 1 fully saturated rings. The minimum atomic E-state index is -0.845. The zero-order chi connectivity index (χ0) is 14.4. The van der Waals surface area contributed by atoms with Crippen LogP contribution in [0.15, 0.2) is 24.3 Å². The number of hydrogen-bond donors (Lipinski definition) is 1. The summed E-state index contributed by atoms with van der Waals surface area (Å²) in [6.07, 6.45) is 4.61. The van der Waals surface area contributed by atoms with Gasteiger partial charge in [-0.2, -0.15) is 0 Å². The highest BCUT2D eigenvalue weighted by atomic mass is 16.5. The Morgan fingerprint density at radius 2 is 2.20 bits per heavy atom. The molecule has 4 heteroatoms. The molecule has 0 saturated carbocycles. The second-order valence-corrected chi connectivity index (χ2v) is 5.44. The number of aromatic carboxylic acids is 1. The molecule has 0 aromatic heterocycles. The molecule has 110 valence electrons. The summed E-state index contributed by atoms with van der Waals surface area (Å²) in [5, 5.41) is 9.15. The summed E-state index contributed by atoms with van der Waals surface area (Å²) in [6, 6.07) is 7.24. The summed E-state index contributed by atoms with van der Waals surface area (Å²) in [6.45, 7) is 2.78. The van der Waals surface area contributed by atoms with Gasteiger partial charge in [-0.05, 0) is 44.4 Å². The third-order valence-corrected chi connectivity index (χ3v) is 3.87. The van der Waals surface area contributed by atoms with Crippen LogP contribution in [0.5, 0.6) is 0 Å². The maximum Gasteiger partial charge on any atom is 0.335 e. The molecular formula is C16H23NO3. The van der Waals surface area contributed by atoms with E-state index < -0.39 is 5.97 Å². The molecule has 1 saturated heterocycles. The highest BCUT2D eigenvalue weighted by molar-refractivity contribution is 5.89. The minimum Gasteiger partial charge on any atom is -0.478 e. The van der Waals surface area contributed by atoms with E-state index in [9.17, 15) is 4.79 Å². The van der Waals surface area contributed by atoms with E-state index in [0.29, 0.717) is 11.7 Å². The second kappa shape index (κ2) is 7.41. The molecule has 1 aliphatic heterocycles. The van der Waals surface area contributed by atoms with Gasteiger partial charge in [0.25, 0.3) is 0 Å². The van der Waals surface area contributed by atoms with Crippen LogP contribution < -0.4 is 0 Å². The first-order chi connectivity index (χ1) is 9.66.